The van der Waals surface area contributed by atoms with Crippen LogP contribution in [-0.4, -0.2) is 47.4 Å². The number of aryl methyl sites for hydroxylation is 1. The van der Waals surface area contributed by atoms with Gasteiger partial charge in [-0.3, -0.25) is 19.3 Å². The van der Waals surface area contributed by atoms with Crippen LogP contribution in [0.4, 0.5) is 10.5 Å². The maximum absolute atomic E-state index is 12.2. The molecule has 0 radical (unpaired) electrons. The first-order chi connectivity index (χ1) is 11.7. The van der Waals surface area contributed by atoms with E-state index in [0.29, 0.717) is 12.1 Å². The molecule has 1 fully saturated rings. The summed E-state index contributed by atoms with van der Waals surface area (Å²) in [6.07, 6.45) is 0.405. The molecule has 0 saturated carbocycles. The minimum absolute atomic E-state index is 0.405. The highest BCUT2D eigenvalue weighted by molar-refractivity contribution is 6.08. The van der Waals surface area contributed by atoms with Gasteiger partial charge in [0, 0.05) is 5.69 Å². The van der Waals surface area contributed by atoms with E-state index in [9.17, 15) is 19.2 Å². The Morgan fingerprint density at radius 2 is 1.88 bits per heavy atom. The van der Waals surface area contributed by atoms with Crippen LogP contribution in [0.1, 0.15) is 25.8 Å². The average molecular weight is 347 g/mol. The van der Waals surface area contributed by atoms with Gasteiger partial charge in [-0.05, 0) is 32.4 Å². The zero-order chi connectivity index (χ0) is 18.6. The van der Waals surface area contributed by atoms with Crippen LogP contribution in [-0.2, 0) is 19.1 Å². The number of imide groups is 1. The smallest absolute Gasteiger partial charge is 0.326 e. The zero-order valence-electron chi connectivity index (χ0n) is 14.4. The molecule has 1 aromatic carbocycles. The number of urea groups is 1. The van der Waals surface area contributed by atoms with Gasteiger partial charge >= 0.3 is 12.0 Å². The molecule has 2 rings (SSSR count). The molecule has 1 aliphatic heterocycles. The number of esters is 1. The van der Waals surface area contributed by atoms with Gasteiger partial charge in [0.05, 0.1) is 0 Å². The second-order valence-corrected chi connectivity index (χ2v) is 6.08. The van der Waals surface area contributed by atoms with Crippen LogP contribution in [0.2, 0.25) is 0 Å². The summed E-state index contributed by atoms with van der Waals surface area (Å²) in [4.78, 5) is 48.4. The van der Waals surface area contributed by atoms with Crippen LogP contribution in [0.5, 0.6) is 0 Å². The molecule has 1 saturated heterocycles. The van der Waals surface area contributed by atoms with Crippen molar-refractivity contribution in [1.29, 1.82) is 0 Å². The molecule has 0 unspecified atom stereocenters. The third-order valence-corrected chi connectivity index (χ3v) is 4.04. The highest BCUT2D eigenvalue weighted by Crippen LogP contribution is 2.20. The lowest BCUT2D eigenvalue weighted by Gasteiger charge is -2.18. The Morgan fingerprint density at radius 1 is 1.24 bits per heavy atom. The summed E-state index contributed by atoms with van der Waals surface area (Å²) in [5.41, 5.74) is 0.622. The van der Waals surface area contributed by atoms with Gasteiger partial charge in [0.2, 0.25) is 0 Å². The SMILES string of the molecule is CC[C@]1(C)NC(=O)N(CC(=O)OCC(=O)Nc2ccc(C)cc2)C1=O. The van der Waals surface area contributed by atoms with Gasteiger partial charge in [-0.2, -0.15) is 0 Å². The fourth-order valence-corrected chi connectivity index (χ4v) is 2.29. The van der Waals surface area contributed by atoms with Gasteiger partial charge in [0.25, 0.3) is 11.8 Å². The van der Waals surface area contributed by atoms with Gasteiger partial charge in [-0.15, -0.1) is 0 Å². The van der Waals surface area contributed by atoms with Gasteiger partial charge in [0.15, 0.2) is 6.61 Å². The molecule has 4 amide bonds. The molecule has 1 aliphatic rings. The number of benzene rings is 1. The molecule has 134 valence electrons. The van der Waals surface area contributed by atoms with Crippen molar-refractivity contribution in [2.45, 2.75) is 32.7 Å². The molecule has 1 heterocycles. The topological polar surface area (TPSA) is 105 Å². The van der Waals surface area contributed by atoms with Crippen molar-refractivity contribution < 1.29 is 23.9 Å². The molecule has 0 spiro atoms. The third kappa shape index (κ3) is 4.34. The molecule has 1 aromatic rings. The molecule has 8 nitrogen and oxygen atoms in total. The molecule has 0 aliphatic carbocycles. The number of nitrogens with one attached hydrogen (secondary N) is 2. The van der Waals surface area contributed by atoms with Gasteiger partial charge in [0.1, 0.15) is 12.1 Å². The summed E-state index contributed by atoms with van der Waals surface area (Å²) >= 11 is 0. The lowest BCUT2D eigenvalue weighted by molar-refractivity contribution is -0.150. The first kappa shape index (κ1) is 18.4. The predicted molar refractivity (Wildman–Crippen MR) is 89.7 cm³/mol. The highest BCUT2D eigenvalue weighted by atomic mass is 16.5. The Morgan fingerprint density at radius 3 is 2.44 bits per heavy atom. The predicted octanol–water partition coefficient (Wildman–Crippen LogP) is 1.20. The number of carbonyl (C=O) groups excluding carboxylic acids is 4. The summed E-state index contributed by atoms with van der Waals surface area (Å²) in [6, 6.07) is 6.49. The van der Waals surface area contributed by atoms with Crippen molar-refractivity contribution in [3.05, 3.63) is 29.8 Å². The second-order valence-electron chi connectivity index (χ2n) is 6.08. The van der Waals surface area contributed by atoms with Crippen LogP contribution in [0.25, 0.3) is 0 Å². The normalized spacial score (nSPS) is 19.6. The number of amides is 4. The Kier molecular flexibility index (Phi) is 5.41. The molecule has 1 atom stereocenters. The number of hydrogen-bond donors (Lipinski definition) is 2. The maximum atomic E-state index is 12.2. The van der Waals surface area contributed by atoms with Crippen molar-refractivity contribution >= 4 is 29.5 Å². The maximum Gasteiger partial charge on any atom is 0.326 e. The van der Waals surface area contributed by atoms with E-state index >= 15 is 0 Å². The van der Waals surface area contributed by atoms with Crippen LogP contribution >= 0.6 is 0 Å². The third-order valence-electron chi connectivity index (χ3n) is 4.04. The Balaban J connectivity index is 1.82. The van der Waals surface area contributed by atoms with E-state index in [0.717, 1.165) is 10.5 Å². The quantitative estimate of drug-likeness (QED) is 0.594. The van der Waals surface area contributed by atoms with Crippen molar-refractivity contribution in [3.8, 4) is 0 Å². The number of nitrogens with zero attached hydrogens (tertiary/aromatic N) is 1. The standard InChI is InChI=1S/C17H21N3O5/c1-4-17(3)15(23)20(16(24)19-17)9-14(22)25-10-13(21)18-12-7-5-11(2)6-8-12/h5-8H,4,9-10H2,1-3H3,(H,18,21)(H,19,24)/t17-/m0/s1. The molecule has 2 N–H and O–H groups in total. The van der Waals surface area contributed by atoms with E-state index in [1.165, 1.54) is 0 Å². The second kappa shape index (κ2) is 7.33. The van der Waals surface area contributed by atoms with Crippen LogP contribution < -0.4 is 10.6 Å². The minimum atomic E-state index is -1.01. The summed E-state index contributed by atoms with van der Waals surface area (Å²) in [6.45, 7) is 4.25. The summed E-state index contributed by atoms with van der Waals surface area (Å²) < 4.78 is 4.84. The Bertz CT molecular complexity index is 701. The Hall–Kier alpha value is -2.90. The van der Waals surface area contributed by atoms with E-state index in [1.54, 1.807) is 26.0 Å². The minimum Gasteiger partial charge on any atom is -0.454 e. The lowest BCUT2D eigenvalue weighted by atomic mass is 9.99. The van der Waals surface area contributed by atoms with E-state index in [2.05, 4.69) is 10.6 Å². The highest BCUT2D eigenvalue weighted by Gasteiger charge is 2.47. The molecule has 25 heavy (non-hydrogen) atoms. The van der Waals surface area contributed by atoms with Crippen molar-refractivity contribution in [2.75, 3.05) is 18.5 Å². The molecule has 8 heteroatoms. The van der Waals surface area contributed by atoms with Crippen molar-refractivity contribution in [2.24, 2.45) is 0 Å². The molecular formula is C17H21N3O5. The van der Waals surface area contributed by atoms with Gasteiger partial charge in [-0.25, -0.2) is 4.79 Å². The molecular weight excluding hydrogens is 326 g/mol. The van der Waals surface area contributed by atoms with Crippen LogP contribution in [0.3, 0.4) is 0 Å². The zero-order valence-corrected chi connectivity index (χ0v) is 14.4. The number of rotatable bonds is 6. The number of ether oxygens (including phenoxy) is 1. The monoisotopic (exact) mass is 347 g/mol. The lowest BCUT2D eigenvalue weighted by Crippen LogP contribution is -2.43. The largest absolute Gasteiger partial charge is 0.454 e. The first-order valence-electron chi connectivity index (χ1n) is 7.91. The fraction of sp³-hybridized carbons (Fsp3) is 0.412. The van der Waals surface area contributed by atoms with E-state index in [-0.39, 0.29) is 0 Å². The molecule has 0 bridgehead atoms. The first-order valence-corrected chi connectivity index (χ1v) is 7.91. The Labute approximate surface area is 145 Å². The van der Waals surface area contributed by atoms with Crippen molar-refractivity contribution in [1.82, 2.24) is 10.2 Å². The average Bonchev–Trinajstić information content (AvgIpc) is 2.79. The van der Waals surface area contributed by atoms with Crippen LogP contribution in [0, 0.1) is 6.92 Å². The van der Waals surface area contributed by atoms with Crippen LogP contribution in [0.15, 0.2) is 24.3 Å². The van der Waals surface area contributed by atoms with Gasteiger partial charge in [-0.1, -0.05) is 24.6 Å². The van der Waals surface area contributed by atoms with E-state index in [1.807, 2.05) is 19.1 Å². The number of anilines is 1. The number of hydrogen-bond acceptors (Lipinski definition) is 5. The van der Waals surface area contributed by atoms with Crippen molar-refractivity contribution in [3.63, 3.8) is 0 Å². The summed E-state index contributed by atoms with van der Waals surface area (Å²) in [5, 5.41) is 5.12. The van der Waals surface area contributed by atoms with Gasteiger partial charge < -0.3 is 15.4 Å². The fourth-order valence-electron chi connectivity index (χ4n) is 2.29. The summed E-state index contributed by atoms with van der Waals surface area (Å²) in [5.74, 6) is -1.82. The molecule has 0 aromatic heterocycles. The number of carbonyl (C=O) groups is 4. The van der Waals surface area contributed by atoms with E-state index in [4.69, 9.17) is 4.74 Å². The summed E-state index contributed by atoms with van der Waals surface area (Å²) in [7, 11) is 0. The van der Waals surface area contributed by atoms with E-state index < -0.39 is 42.5 Å².